The largest absolute Gasteiger partial charge is 0.470 e. The molecule has 1 aliphatic carbocycles. The van der Waals surface area contributed by atoms with Crippen molar-refractivity contribution >= 4 is 0 Å². The van der Waals surface area contributed by atoms with Gasteiger partial charge in [0.2, 0.25) is 5.88 Å². The molecule has 1 unspecified atom stereocenters. The molecule has 1 aromatic carbocycles. The lowest BCUT2D eigenvalue weighted by Crippen LogP contribution is -2.15. The van der Waals surface area contributed by atoms with Crippen molar-refractivity contribution in [2.45, 2.75) is 45.4 Å². The Hall–Kier alpha value is -1.87. The molecule has 1 aliphatic rings. The fourth-order valence-electron chi connectivity index (χ4n) is 2.39. The van der Waals surface area contributed by atoms with Crippen molar-refractivity contribution in [3.63, 3.8) is 0 Å². The summed E-state index contributed by atoms with van der Waals surface area (Å²) in [5.41, 5.74) is 3.41. The van der Waals surface area contributed by atoms with Gasteiger partial charge in [0, 0.05) is 24.3 Å². The van der Waals surface area contributed by atoms with Gasteiger partial charge in [-0.2, -0.15) is 0 Å². The van der Waals surface area contributed by atoms with Gasteiger partial charge in [0.25, 0.3) is 0 Å². The zero-order chi connectivity index (χ0) is 14.7. The molecule has 0 saturated heterocycles. The molecule has 0 aliphatic heterocycles. The van der Waals surface area contributed by atoms with E-state index in [-0.39, 0.29) is 6.10 Å². The predicted octanol–water partition coefficient (Wildman–Crippen LogP) is 3.78. The molecule has 3 heteroatoms. The van der Waals surface area contributed by atoms with E-state index in [1.807, 2.05) is 31.2 Å². The van der Waals surface area contributed by atoms with Gasteiger partial charge in [-0.1, -0.05) is 30.3 Å². The maximum Gasteiger partial charge on any atom is 0.214 e. The lowest BCUT2D eigenvalue weighted by Gasteiger charge is -2.15. The summed E-state index contributed by atoms with van der Waals surface area (Å²) >= 11 is 0. The normalized spacial score (nSPS) is 15.7. The van der Waals surface area contributed by atoms with Crippen LogP contribution < -0.4 is 10.1 Å². The number of hydrogen-bond acceptors (Lipinski definition) is 3. The Balaban J connectivity index is 1.68. The fraction of sp³-hybridized carbons (Fsp3) is 0.389. The first-order valence-electron chi connectivity index (χ1n) is 7.63. The van der Waals surface area contributed by atoms with Crippen molar-refractivity contribution in [1.29, 1.82) is 0 Å². The van der Waals surface area contributed by atoms with Gasteiger partial charge < -0.3 is 10.1 Å². The molecule has 110 valence electrons. The monoisotopic (exact) mass is 282 g/mol. The van der Waals surface area contributed by atoms with E-state index in [2.05, 4.69) is 35.4 Å². The Morgan fingerprint density at radius 1 is 1.24 bits per heavy atom. The third kappa shape index (κ3) is 4.05. The third-order valence-corrected chi connectivity index (χ3v) is 3.73. The van der Waals surface area contributed by atoms with Crippen LogP contribution in [-0.2, 0) is 6.54 Å². The van der Waals surface area contributed by atoms with Crippen LogP contribution in [0.4, 0.5) is 0 Å². The SMILES string of the molecule is Cc1cc(CNC2CC2)cc(OC(C)c2ccccc2)n1. The molecule has 0 amide bonds. The summed E-state index contributed by atoms with van der Waals surface area (Å²) in [5.74, 6) is 0.707. The minimum atomic E-state index is 0.00439. The van der Waals surface area contributed by atoms with Crippen molar-refractivity contribution in [1.82, 2.24) is 10.3 Å². The zero-order valence-electron chi connectivity index (χ0n) is 12.7. The molecule has 3 nitrogen and oxygen atoms in total. The van der Waals surface area contributed by atoms with Gasteiger partial charge in [-0.05, 0) is 43.9 Å². The van der Waals surface area contributed by atoms with Crippen LogP contribution in [-0.4, -0.2) is 11.0 Å². The molecular weight excluding hydrogens is 260 g/mol. The Labute approximate surface area is 126 Å². The van der Waals surface area contributed by atoms with Crippen LogP contribution in [0.25, 0.3) is 0 Å². The van der Waals surface area contributed by atoms with Crippen molar-refractivity contribution in [3.05, 3.63) is 59.3 Å². The van der Waals surface area contributed by atoms with Crippen LogP contribution in [0.5, 0.6) is 5.88 Å². The van der Waals surface area contributed by atoms with Gasteiger partial charge >= 0.3 is 0 Å². The van der Waals surface area contributed by atoms with Crippen molar-refractivity contribution in [3.8, 4) is 5.88 Å². The summed E-state index contributed by atoms with van der Waals surface area (Å²) < 4.78 is 6.01. The van der Waals surface area contributed by atoms with E-state index in [1.165, 1.54) is 24.0 Å². The van der Waals surface area contributed by atoms with E-state index in [1.54, 1.807) is 0 Å². The second-order valence-corrected chi connectivity index (χ2v) is 5.78. The first kappa shape index (κ1) is 14.1. The second kappa shape index (κ2) is 6.27. The topological polar surface area (TPSA) is 34.1 Å². The van der Waals surface area contributed by atoms with Crippen LogP contribution in [0.1, 0.15) is 42.7 Å². The number of ether oxygens (including phenoxy) is 1. The van der Waals surface area contributed by atoms with Gasteiger partial charge in [-0.3, -0.25) is 0 Å². The first-order chi connectivity index (χ1) is 10.2. The number of rotatable bonds is 6. The van der Waals surface area contributed by atoms with Crippen LogP contribution in [0, 0.1) is 6.92 Å². The molecule has 0 bridgehead atoms. The minimum absolute atomic E-state index is 0.00439. The quantitative estimate of drug-likeness (QED) is 0.875. The number of nitrogens with zero attached hydrogens (tertiary/aromatic N) is 1. The van der Waals surface area contributed by atoms with Gasteiger partial charge in [0.15, 0.2) is 0 Å². The molecule has 0 spiro atoms. The van der Waals surface area contributed by atoms with Gasteiger partial charge in [-0.15, -0.1) is 0 Å². The standard InChI is InChI=1S/C18H22N2O/c1-13-10-15(12-19-17-8-9-17)11-18(20-13)21-14(2)16-6-4-3-5-7-16/h3-7,10-11,14,17,19H,8-9,12H2,1-2H3. The summed E-state index contributed by atoms with van der Waals surface area (Å²) in [5, 5.41) is 3.53. The van der Waals surface area contributed by atoms with E-state index in [0.29, 0.717) is 11.9 Å². The number of pyridine rings is 1. The predicted molar refractivity (Wildman–Crippen MR) is 84.3 cm³/mol. The molecule has 0 radical (unpaired) electrons. The molecule has 3 rings (SSSR count). The van der Waals surface area contributed by atoms with Crippen LogP contribution >= 0.6 is 0 Å². The van der Waals surface area contributed by atoms with Gasteiger partial charge in [-0.25, -0.2) is 4.98 Å². The van der Waals surface area contributed by atoms with Crippen LogP contribution in [0.3, 0.4) is 0 Å². The average Bonchev–Trinajstić information content (AvgIpc) is 3.30. The fourth-order valence-corrected chi connectivity index (χ4v) is 2.39. The second-order valence-electron chi connectivity index (χ2n) is 5.78. The summed E-state index contributed by atoms with van der Waals surface area (Å²) in [6, 6.07) is 15.1. The molecule has 1 N–H and O–H groups in total. The van der Waals surface area contributed by atoms with E-state index < -0.39 is 0 Å². The molecular formula is C18H22N2O. The molecule has 1 atom stereocenters. The maximum absolute atomic E-state index is 6.01. The van der Waals surface area contributed by atoms with E-state index in [0.717, 1.165) is 12.2 Å². The smallest absolute Gasteiger partial charge is 0.214 e. The van der Waals surface area contributed by atoms with Crippen molar-refractivity contribution in [2.75, 3.05) is 0 Å². The molecule has 1 heterocycles. The highest BCUT2D eigenvalue weighted by Crippen LogP contribution is 2.23. The van der Waals surface area contributed by atoms with Crippen LogP contribution in [0.2, 0.25) is 0 Å². The molecule has 2 aromatic rings. The Kier molecular flexibility index (Phi) is 4.20. The van der Waals surface area contributed by atoms with Gasteiger partial charge in [0.1, 0.15) is 6.10 Å². The Morgan fingerprint density at radius 2 is 2.00 bits per heavy atom. The first-order valence-corrected chi connectivity index (χ1v) is 7.63. The van der Waals surface area contributed by atoms with Gasteiger partial charge in [0.05, 0.1) is 0 Å². The van der Waals surface area contributed by atoms with E-state index in [9.17, 15) is 0 Å². The summed E-state index contributed by atoms with van der Waals surface area (Å²) in [6.45, 7) is 4.96. The number of aromatic nitrogens is 1. The average molecular weight is 282 g/mol. The van der Waals surface area contributed by atoms with Crippen LogP contribution in [0.15, 0.2) is 42.5 Å². The molecule has 21 heavy (non-hydrogen) atoms. The Bertz CT molecular complexity index is 593. The number of aryl methyl sites for hydroxylation is 1. The number of benzene rings is 1. The minimum Gasteiger partial charge on any atom is -0.470 e. The van der Waals surface area contributed by atoms with E-state index >= 15 is 0 Å². The highest BCUT2D eigenvalue weighted by molar-refractivity contribution is 5.26. The number of nitrogens with one attached hydrogen (secondary N) is 1. The van der Waals surface area contributed by atoms with Crippen molar-refractivity contribution in [2.24, 2.45) is 0 Å². The highest BCUT2D eigenvalue weighted by atomic mass is 16.5. The summed E-state index contributed by atoms with van der Waals surface area (Å²) in [7, 11) is 0. The summed E-state index contributed by atoms with van der Waals surface area (Å²) in [6.07, 6.45) is 2.61. The number of hydrogen-bond donors (Lipinski definition) is 1. The molecule has 1 aromatic heterocycles. The maximum atomic E-state index is 6.01. The molecule has 1 saturated carbocycles. The van der Waals surface area contributed by atoms with E-state index in [4.69, 9.17) is 4.74 Å². The third-order valence-electron chi connectivity index (χ3n) is 3.73. The molecule has 1 fully saturated rings. The lowest BCUT2D eigenvalue weighted by atomic mass is 10.1. The highest BCUT2D eigenvalue weighted by Gasteiger charge is 2.20. The zero-order valence-corrected chi connectivity index (χ0v) is 12.7. The Morgan fingerprint density at radius 3 is 2.71 bits per heavy atom. The van der Waals surface area contributed by atoms with Crippen molar-refractivity contribution < 1.29 is 4.74 Å². The lowest BCUT2D eigenvalue weighted by molar-refractivity contribution is 0.217. The summed E-state index contributed by atoms with van der Waals surface area (Å²) in [4.78, 5) is 4.49.